The Morgan fingerprint density at radius 2 is 2.05 bits per heavy atom. The predicted octanol–water partition coefficient (Wildman–Crippen LogP) is 2.31. The van der Waals surface area contributed by atoms with Gasteiger partial charge in [0, 0.05) is 13.0 Å². The Labute approximate surface area is 123 Å². The Balaban J connectivity index is 1.87. The number of carbonyl (C=O) groups excluding carboxylic acids is 1. The van der Waals surface area contributed by atoms with Crippen LogP contribution in [0.15, 0.2) is 0 Å². The molecule has 2 fully saturated rings. The van der Waals surface area contributed by atoms with Crippen molar-refractivity contribution < 1.29 is 9.53 Å². The van der Waals surface area contributed by atoms with Crippen molar-refractivity contribution in [1.82, 2.24) is 4.90 Å². The van der Waals surface area contributed by atoms with Crippen LogP contribution in [0.4, 0.5) is 0 Å². The molecule has 2 unspecified atom stereocenters. The third-order valence-corrected chi connectivity index (χ3v) is 4.89. The summed E-state index contributed by atoms with van der Waals surface area (Å²) in [7, 11) is 0. The minimum atomic E-state index is 0.169. The molecule has 0 bridgehead atoms. The average molecular weight is 282 g/mol. The lowest BCUT2D eigenvalue weighted by Gasteiger charge is -2.44. The molecule has 0 spiro atoms. The minimum Gasteiger partial charge on any atom is -0.374 e. The molecule has 0 aromatic rings. The summed E-state index contributed by atoms with van der Waals surface area (Å²) < 4.78 is 5.84. The lowest BCUT2D eigenvalue weighted by molar-refractivity contribution is -0.150. The van der Waals surface area contributed by atoms with E-state index in [1.165, 1.54) is 12.8 Å². The SMILES string of the molecule is CC(C)(CCN)CCC(=O)N1CCOC2CCCCC21. The van der Waals surface area contributed by atoms with E-state index < -0.39 is 0 Å². The van der Waals surface area contributed by atoms with Gasteiger partial charge in [-0.05, 0) is 37.6 Å². The molecule has 1 heterocycles. The summed E-state index contributed by atoms with van der Waals surface area (Å²) in [5, 5.41) is 0. The Kier molecular flexibility index (Phi) is 5.44. The number of amides is 1. The number of carbonyl (C=O) groups is 1. The number of morpholine rings is 1. The molecule has 2 N–H and O–H groups in total. The number of nitrogens with two attached hydrogens (primary N) is 1. The zero-order valence-electron chi connectivity index (χ0n) is 13.1. The molecular formula is C16H30N2O2. The van der Waals surface area contributed by atoms with Crippen LogP contribution in [0.3, 0.4) is 0 Å². The summed E-state index contributed by atoms with van der Waals surface area (Å²) in [4.78, 5) is 14.6. The van der Waals surface area contributed by atoms with Gasteiger partial charge in [0.2, 0.25) is 5.91 Å². The second kappa shape index (κ2) is 6.90. The van der Waals surface area contributed by atoms with E-state index in [-0.39, 0.29) is 5.41 Å². The highest BCUT2D eigenvalue weighted by Crippen LogP contribution is 2.31. The third kappa shape index (κ3) is 3.95. The standard InChI is InChI=1S/C16H30N2O2/c1-16(2,9-10-17)8-7-15(19)18-11-12-20-14-6-4-3-5-13(14)18/h13-14H,3-12,17H2,1-2H3. The zero-order valence-corrected chi connectivity index (χ0v) is 13.1. The van der Waals surface area contributed by atoms with Crippen LogP contribution in [-0.2, 0) is 9.53 Å². The summed E-state index contributed by atoms with van der Waals surface area (Å²) in [6.45, 7) is 6.59. The highest BCUT2D eigenvalue weighted by atomic mass is 16.5. The van der Waals surface area contributed by atoms with Crippen LogP contribution in [0.2, 0.25) is 0 Å². The van der Waals surface area contributed by atoms with Gasteiger partial charge in [0.25, 0.3) is 0 Å². The molecule has 2 rings (SSSR count). The van der Waals surface area contributed by atoms with Crippen LogP contribution < -0.4 is 5.73 Å². The fraction of sp³-hybridized carbons (Fsp3) is 0.938. The Hall–Kier alpha value is -0.610. The highest BCUT2D eigenvalue weighted by Gasteiger charge is 2.36. The molecule has 0 aromatic carbocycles. The van der Waals surface area contributed by atoms with Gasteiger partial charge in [0.1, 0.15) is 0 Å². The van der Waals surface area contributed by atoms with E-state index in [2.05, 4.69) is 18.7 Å². The Morgan fingerprint density at radius 3 is 2.80 bits per heavy atom. The number of rotatable bonds is 5. The average Bonchev–Trinajstić information content (AvgIpc) is 2.44. The van der Waals surface area contributed by atoms with Crippen molar-refractivity contribution in [3.63, 3.8) is 0 Å². The van der Waals surface area contributed by atoms with Crippen LogP contribution in [0.5, 0.6) is 0 Å². The van der Waals surface area contributed by atoms with Gasteiger partial charge in [0.05, 0.1) is 18.8 Å². The molecule has 116 valence electrons. The highest BCUT2D eigenvalue weighted by molar-refractivity contribution is 5.76. The zero-order chi connectivity index (χ0) is 14.6. The normalized spacial score (nSPS) is 27.2. The van der Waals surface area contributed by atoms with E-state index >= 15 is 0 Å². The van der Waals surface area contributed by atoms with Crippen LogP contribution in [0, 0.1) is 5.41 Å². The lowest BCUT2D eigenvalue weighted by atomic mass is 9.84. The van der Waals surface area contributed by atoms with Gasteiger partial charge < -0.3 is 15.4 Å². The van der Waals surface area contributed by atoms with Gasteiger partial charge in [-0.15, -0.1) is 0 Å². The quantitative estimate of drug-likeness (QED) is 0.842. The number of fused-ring (bicyclic) bond motifs is 1. The number of ether oxygens (including phenoxy) is 1. The molecule has 1 saturated carbocycles. The van der Waals surface area contributed by atoms with Crippen molar-refractivity contribution in [2.75, 3.05) is 19.7 Å². The van der Waals surface area contributed by atoms with Crippen LogP contribution >= 0.6 is 0 Å². The monoisotopic (exact) mass is 282 g/mol. The minimum absolute atomic E-state index is 0.169. The summed E-state index contributed by atoms with van der Waals surface area (Å²) >= 11 is 0. The Bertz CT molecular complexity index is 328. The van der Waals surface area contributed by atoms with Gasteiger partial charge in [-0.3, -0.25) is 4.79 Å². The number of hydrogen-bond donors (Lipinski definition) is 1. The van der Waals surface area contributed by atoms with Crippen LogP contribution in [0.25, 0.3) is 0 Å². The molecule has 1 aliphatic heterocycles. The first kappa shape index (κ1) is 15.8. The van der Waals surface area contributed by atoms with Crippen molar-refractivity contribution >= 4 is 5.91 Å². The summed E-state index contributed by atoms with van der Waals surface area (Å²) in [6, 6.07) is 0.336. The molecule has 1 aliphatic carbocycles. The topological polar surface area (TPSA) is 55.6 Å². The van der Waals surface area contributed by atoms with Crippen LogP contribution in [0.1, 0.15) is 58.8 Å². The second-order valence-electron chi connectivity index (χ2n) is 7.05. The molecule has 0 aromatic heterocycles. The van der Waals surface area contributed by atoms with Gasteiger partial charge in [-0.25, -0.2) is 0 Å². The predicted molar refractivity (Wildman–Crippen MR) is 80.4 cm³/mol. The molecule has 20 heavy (non-hydrogen) atoms. The first-order valence-electron chi connectivity index (χ1n) is 8.15. The van der Waals surface area contributed by atoms with Crippen molar-refractivity contribution in [2.45, 2.75) is 70.9 Å². The van der Waals surface area contributed by atoms with Crippen molar-refractivity contribution in [3.05, 3.63) is 0 Å². The fourth-order valence-electron chi connectivity index (χ4n) is 3.51. The maximum atomic E-state index is 12.5. The van der Waals surface area contributed by atoms with Crippen molar-refractivity contribution in [3.8, 4) is 0 Å². The molecule has 0 radical (unpaired) electrons. The molecule has 2 aliphatic rings. The van der Waals surface area contributed by atoms with Gasteiger partial charge >= 0.3 is 0 Å². The van der Waals surface area contributed by atoms with Crippen LogP contribution in [-0.4, -0.2) is 42.6 Å². The third-order valence-electron chi connectivity index (χ3n) is 4.89. The first-order valence-corrected chi connectivity index (χ1v) is 8.15. The smallest absolute Gasteiger partial charge is 0.223 e. The molecular weight excluding hydrogens is 252 g/mol. The van der Waals surface area contributed by atoms with E-state index in [9.17, 15) is 4.79 Å². The fourth-order valence-corrected chi connectivity index (χ4v) is 3.51. The lowest BCUT2D eigenvalue weighted by Crippen LogP contribution is -2.54. The maximum absolute atomic E-state index is 12.5. The summed E-state index contributed by atoms with van der Waals surface area (Å²) in [5.41, 5.74) is 5.81. The first-order chi connectivity index (χ1) is 9.53. The summed E-state index contributed by atoms with van der Waals surface area (Å²) in [6.07, 6.45) is 7.55. The molecule has 4 nitrogen and oxygen atoms in total. The van der Waals surface area contributed by atoms with Gasteiger partial charge in [0.15, 0.2) is 0 Å². The second-order valence-corrected chi connectivity index (χ2v) is 7.05. The summed E-state index contributed by atoms with van der Waals surface area (Å²) in [5.74, 6) is 0.315. The van der Waals surface area contributed by atoms with E-state index in [4.69, 9.17) is 10.5 Å². The van der Waals surface area contributed by atoms with Crippen molar-refractivity contribution in [1.29, 1.82) is 0 Å². The van der Waals surface area contributed by atoms with Gasteiger partial charge in [-0.1, -0.05) is 26.7 Å². The van der Waals surface area contributed by atoms with Crippen molar-refractivity contribution in [2.24, 2.45) is 11.1 Å². The number of nitrogens with zero attached hydrogens (tertiary/aromatic N) is 1. The molecule has 4 heteroatoms. The maximum Gasteiger partial charge on any atom is 0.223 e. The van der Waals surface area contributed by atoms with Gasteiger partial charge in [-0.2, -0.15) is 0 Å². The van der Waals surface area contributed by atoms with E-state index in [1.807, 2.05) is 0 Å². The largest absolute Gasteiger partial charge is 0.374 e. The molecule has 2 atom stereocenters. The van der Waals surface area contributed by atoms with E-state index in [0.717, 1.165) is 32.2 Å². The molecule has 1 saturated heterocycles. The van der Waals surface area contributed by atoms with E-state index in [0.29, 0.717) is 37.6 Å². The Morgan fingerprint density at radius 1 is 1.30 bits per heavy atom. The molecule has 1 amide bonds. The number of hydrogen-bond acceptors (Lipinski definition) is 3. The van der Waals surface area contributed by atoms with E-state index in [1.54, 1.807) is 0 Å².